The normalized spacial score (nSPS) is 10.3. The van der Waals surface area contributed by atoms with E-state index < -0.39 is 0 Å². The third kappa shape index (κ3) is 8.69. The van der Waals surface area contributed by atoms with Crippen LogP contribution in [0.4, 0.5) is 5.69 Å². The van der Waals surface area contributed by atoms with Crippen LogP contribution in [0.15, 0.2) is 54.6 Å². The molecule has 0 saturated heterocycles. The number of thiocarbonyl (C=S) groups is 1. The van der Waals surface area contributed by atoms with E-state index in [2.05, 4.69) is 41.8 Å². The van der Waals surface area contributed by atoms with Crippen LogP contribution < -0.4 is 15.4 Å². The zero-order valence-corrected chi connectivity index (χ0v) is 16.7. The van der Waals surface area contributed by atoms with Crippen molar-refractivity contribution in [2.45, 2.75) is 45.4 Å². The minimum atomic E-state index is -0.0423. The van der Waals surface area contributed by atoms with E-state index in [1.807, 2.05) is 30.3 Å². The van der Waals surface area contributed by atoms with Crippen molar-refractivity contribution < 1.29 is 9.53 Å². The van der Waals surface area contributed by atoms with E-state index in [0.717, 1.165) is 43.5 Å². The molecular formula is C22H28N2O2S. The third-order valence-electron chi connectivity index (χ3n) is 4.09. The summed E-state index contributed by atoms with van der Waals surface area (Å²) >= 11 is 5.18. The lowest BCUT2D eigenvalue weighted by atomic mass is 10.1. The first kappa shape index (κ1) is 20.9. The molecule has 0 aliphatic heterocycles. The van der Waals surface area contributed by atoms with E-state index in [9.17, 15) is 4.79 Å². The third-order valence-corrected chi connectivity index (χ3v) is 4.30. The Morgan fingerprint density at radius 1 is 1.00 bits per heavy atom. The quantitative estimate of drug-likeness (QED) is 0.442. The van der Waals surface area contributed by atoms with Gasteiger partial charge in [-0.05, 0) is 61.3 Å². The molecule has 5 heteroatoms. The van der Waals surface area contributed by atoms with Crippen molar-refractivity contribution in [3.8, 4) is 5.75 Å². The second-order valence-electron chi connectivity index (χ2n) is 6.42. The van der Waals surface area contributed by atoms with Crippen LogP contribution in [0.25, 0.3) is 0 Å². The highest BCUT2D eigenvalue weighted by Crippen LogP contribution is 2.16. The first-order chi connectivity index (χ1) is 13.2. The average molecular weight is 385 g/mol. The number of hydrogen-bond acceptors (Lipinski definition) is 3. The lowest BCUT2D eigenvalue weighted by molar-refractivity contribution is -0.119. The molecule has 1 amide bonds. The first-order valence-electron chi connectivity index (χ1n) is 9.55. The van der Waals surface area contributed by atoms with Crippen LogP contribution in [-0.4, -0.2) is 17.6 Å². The molecule has 0 unspecified atom stereocenters. The Balaban J connectivity index is 1.66. The summed E-state index contributed by atoms with van der Waals surface area (Å²) < 4.78 is 5.78. The molecule has 144 valence electrons. The van der Waals surface area contributed by atoms with Gasteiger partial charge in [0.25, 0.3) is 0 Å². The van der Waals surface area contributed by atoms with Crippen LogP contribution >= 0.6 is 12.2 Å². The smallest absolute Gasteiger partial charge is 0.226 e. The molecule has 0 saturated carbocycles. The topological polar surface area (TPSA) is 50.4 Å². The fourth-order valence-electron chi connectivity index (χ4n) is 2.63. The van der Waals surface area contributed by atoms with Crippen molar-refractivity contribution in [2.75, 3.05) is 11.9 Å². The van der Waals surface area contributed by atoms with Crippen molar-refractivity contribution in [1.82, 2.24) is 5.32 Å². The molecule has 2 aromatic carbocycles. The molecule has 0 heterocycles. The summed E-state index contributed by atoms with van der Waals surface area (Å²) in [5.74, 6) is 0.780. The minimum absolute atomic E-state index is 0.0423. The molecule has 0 aromatic heterocycles. The maximum absolute atomic E-state index is 11.8. The molecule has 0 aliphatic rings. The summed E-state index contributed by atoms with van der Waals surface area (Å²) in [4.78, 5) is 11.8. The van der Waals surface area contributed by atoms with Gasteiger partial charge >= 0.3 is 0 Å². The summed E-state index contributed by atoms with van der Waals surface area (Å²) in [6, 6.07) is 18.0. The molecule has 27 heavy (non-hydrogen) atoms. The van der Waals surface area contributed by atoms with Gasteiger partial charge in [-0.2, -0.15) is 0 Å². The molecule has 0 bridgehead atoms. The number of amides is 1. The van der Waals surface area contributed by atoms with Gasteiger partial charge in [-0.25, -0.2) is 0 Å². The number of aryl methyl sites for hydroxylation is 1. The van der Waals surface area contributed by atoms with Crippen LogP contribution in [0, 0.1) is 0 Å². The number of nitrogens with one attached hydrogen (secondary N) is 2. The lowest BCUT2D eigenvalue weighted by Gasteiger charge is -2.11. The Labute approximate surface area is 167 Å². The van der Waals surface area contributed by atoms with Gasteiger partial charge < -0.3 is 15.4 Å². The number of hydrogen-bond donors (Lipinski definition) is 2. The van der Waals surface area contributed by atoms with Gasteiger partial charge in [0.2, 0.25) is 5.91 Å². The zero-order valence-electron chi connectivity index (χ0n) is 15.9. The van der Waals surface area contributed by atoms with E-state index in [-0.39, 0.29) is 5.91 Å². The zero-order chi connectivity index (χ0) is 19.3. The number of rotatable bonds is 10. The number of carbonyl (C=O) groups excluding carboxylic acids is 1. The predicted molar refractivity (Wildman–Crippen MR) is 115 cm³/mol. The summed E-state index contributed by atoms with van der Waals surface area (Å²) in [7, 11) is 0. The lowest BCUT2D eigenvalue weighted by Crippen LogP contribution is -2.33. The highest BCUT2D eigenvalue weighted by molar-refractivity contribution is 7.80. The summed E-state index contributed by atoms with van der Waals surface area (Å²) in [6.45, 7) is 2.79. The van der Waals surface area contributed by atoms with Crippen LogP contribution in [0.2, 0.25) is 0 Å². The van der Waals surface area contributed by atoms with Crippen molar-refractivity contribution in [1.29, 1.82) is 0 Å². The summed E-state index contributed by atoms with van der Waals surface area (Å²) in [6.07, 6.45) is 5.52. The molecule has 2 rings (SSSR count). The minimum Gasteiger partial charge on any atom is -0.494 e. The number of unbranched alkanes of at least 4 members (excludes halogenated alkanes) is 2. The van der Waals surface area contributed by atoms with Gasteiger partial charge in [-0.15, -0.1) is 0 Å². The first-order valence-corrected chi connectivity index (χ1v) is 9.96. The second kappa shape index (κ2) is 12.1. The Hall–Kier alpha value is -2.40. The summed E-state index contributed by atoms with van der Waals surface area (Å²) in [5.41, 5.74) is 2.15. The van der Waals surface area contributed by atoms with Gasteiger partial charge in [0.05, 0.1) is 6.61 Å². The van der Waals surface area contributed by atoms with E-state index in [0.29, 0.717) is 18.1 Å². The predicted octanol–water partition coefficient (Wildman–Crippen LogP) is 5.09. The van der Waals surface area contributed by atoms with Crippen LogP contribution in [0.3, 0.4) is 0 Å². The summed E-state index contributed by atoms with van der Waals surface area (Å²) in [5, 5.41) is 6.06. The Morgan fingerprint density at radius 2 is 1.74 bits per heavy atom. The van der Waals surface area contributed by atoms with Crippen molar-refractivity contribution in [3.63, 3.8) is 0 Å². The molecule has 0 atom stereocenters. The number of carbonyl (C=O) groups is 1. The molecule has 4 nitrogen and oxygen atoms in total. The highest BCUT2D eigenvalue weighted by Gasteiger charge is 2.05. The van der Waals surface area contributed by atoms with Gasteiger partial charge in [0, 0.05) is 12.1 Å². The Morgan fingerprint density at radius 3 is 2.44 bits per heavy atom. The fraction of sp³-hybridized carbons (Fsp3) is 0.364. The van der Waals surface area contributed by atoms with E-state index in [1.54, 1.807) is 0 Å². The van der Waals surface area contributed by atoms with Crippen molar-refractivity contribution >= 4 is 28.9 Å². The maximum atomic E-state index is 11.8. The molecular weight excluding hydrogens is 356 g/mol. The highest BCUT2D eigenvalue weighted by atomic mass is 32.1. The fourth-order valence-corrected chi connectivity index (χ4v) is 2.86. The monoisotopic (exact) mass is 384 g/mol. The Kier molecular flexibility index (Phi) is 9.35. The molecule has 2 N–H and O–H groups in total. The second-order valence-corrected chi connectivity index (χ2v) is 6.83. The van der Waals surface area contributed by atoms with E-state index in [1.165, 1.54) is 5.56 Å². The van der Waals surface area contributed by atoms with Crippen LogP contribution in [0.5, 0.6) is 5.75 Å². The van der Waals surface area contributed by atoms with Gasteiger partial charge in [-0.1, -0.05) is 50.1 Å². The SMILES string of the molecule is CCCCCC(=O)NC(=S)Nc1ccc(OCCCc2ccccc2)cc1. The maximum Gasteiger partial charge on any atom is 0.226 e. The standard InChI is InChI=1S/C22H28N2O2S/c1-2-3-5-12-21(25)24-22(27)23-19-13-15-20(16-14-19)26-17-8-11-18-9-6-4-7-10-18/h4,6-7,9-10,13-16H,2-3,5,8,11-12,17H2,1H3,(H2,23,24,25,27). The number of anilines is 1. The molecule has 2 aromatic rings. The molecule has 0 radical (unpaired) electrons. The van der Waals surface area contributed by atoms with Gasteiger partial charge in [0.1, 0.15) is 5.75 Å². The van der Waals surface area contributed by atoms with E-state index in [4.69, 9.17) is 17.0 Å². The van der Waals surface area contributed by atoms with Crippen LogP contribution in [0.1, 0.15) is 44.6 Å². The molecule has 0 spiro atoms. The van der Waals surface area contributed by atoms with Gasteiger partial charge in [-0.3, -0.25) is 4.79 Å². The molecule has 0 aliphatic carbocycles. The van der Waals surface area contributed by atoms with Crippen molar-refractivity contribution in [3.05, 3.63) is 60.2 Å². The average Bonchev–Trinajstić information content (AvgIpc) is 2.67. The van der Waals surface area contributed by atoms with Crippen LogP contribution in [-0.2, 0) is 11.2 Å². The number of benzene rings is 2. The molecule has 0 fully saturated rings. The van der Waals surface area contributed by atoms with Gasteiger partial charge in [0.15, 0.2) is 5.11 Å². The largest absolute Gasteiger partial charge is 0.494 e. The Bertz CT molecular complexity index is 702. The van der Waals surface area contributed by atoms with Crippen molar-refractivity contribution in [2.24, 2.45) is 0 Å². The van der Waals surface area contributed by atoms with E-state index >= 15 is 0 Å². The number of ether oxygens (including phenoxy) is 1.